The van der Waals surface area contributed by atoms with Gasteiger partial charge in [0.15, 0.2) is 5.65 Å². The zero-order valence-corrected chi connectivity index (χ0v) is 13.8. The molecule has 0 N–H and O–H groups in total. The van der Waals surface area contributed by atoms with E-state index in [1.54, 1.807) is 33.4 Å². The lowest BCUT2D eigenvalue weighted by Gasteiger charge is -2.02. The number of thiophene rings is 2. The van der Waals surface area contributed by atoms with Gasteiger partial charge in [0, 0.05) is 9.75 Å². The summed E-state index contributed by atoms with van der Waals surface area (Å²) in [7, 11) is 0. The summed E-state index contributed by atoms with van der Waals surface area (Å²) in [5.41, 5.74) is 2.90. The molecule has 106 valence electrons. The van der Waals surface area contributed by atoms with E-state index >= 15 is 0 Å². The molecule has 0 saturated carbocycles. The molecule has 0 fully saturated rings. The first kappa shape index (κ1) is 12.9. The van der Waals surface area contributed by atoms with Gasteiger partial charge in [-0.3, -0.25) is 4.79 Å². The van der Waals surface area contributed by atoms with Crippen LogP contribution in [0.15, 0.2) is 11.1 Å². The van der Waals surface area contributed by atoms with Crippen LogP contribution in [-0.2, 0) is 0 Å². The van der Waals surface area contributed by atoms with Crippen molar-refractivity contribution in [2.45, 2.75) is 27.7 Å². The van der Waals surface area contributed by atoms with Crippen molar-refractivity contribution < 1.29 is 0 Å². The summed E-state index contributed by atoms with van der Waals surface area (Å²) in [6, 6.07) is 0. The van der Waals surface area contributed by atoms with Crippen LogP contribution in [-0.4, -0.2) is 14.4 Å². The van der Waals surface area contributed by atoms with E-state index in [9.17, 15) is 4.79 Å². The maximum absolute atomic E-state index is 12.8. The van der Waals surface area contributed by atoms with Gasteiger partial charge in [-0.1, -0.05) is 0 Å². The highest BCUT2D eigenvalue weighted by molar-refractivity contribution is 7.19. The molecule has 0 aliphatic carbocycles. The zero-order valence-electron chi connectivity index (χ0n) is 12.1. The molecule has 0 unspecified atom stereocenters. The number of rotatable bonds is 0. The van der Waals surface area contributed by atoms with Gasteiger partial charge < -0.3 is 0 Å². The molecule has 4 rings (SSSR count). The fraction of sp³-hybridized carbons (Fsp3) is 0.267. The van der Waals surface area contributed by atoms with E-state index in [0.717, 1.165) is 42.1 Å². The smallest absolute Gasteiger partial charge is 0.268 e. The van der Waals surface area contributed by atoms with Crippen molar-refractivity contribution in [3.63, 3.8) is 0 Å². The molecular formula is C15H13N3OS2. The standard InChI is InChI=1S/C15H13N3OS2/c1-6-8(3)20-13-10(6)12-17-14-11(7(2)9(4)21-14)15(19)18(12)5-16-13/h5H,1-4H3. The largest absolute Gasteiger partial charge is 0.268 e. The maximum Gasteiger partial charge on any atom is 0.268 e. The fourth-order valence-electron chi connectivity index (χ4n) is 2.66. The van der Waals surface area contributed by atoms with E-state index in [-0.39, 0.29) is 5.56 Å². The molecule has 4 aromatic rings. The van der Waals surface area contributed by atoms with Gasteiger partial charge in [-0.2, -0.15) is 0 Å². The molecule has 4 aromatic heterocycles. The van der Waals surface area contributed by atoms with Crippen molar-refractivity contribution in [2.75, 3.05) is 0 Å². The van der Waals surface area contributed by atoms with Crippen molar-refractivity contribution in [3.05, 3.63) is 37.6 Å². The predicted octanol–water partition coefficient (Wildman–Crippen LogP) is 3.75. The third kappa shape index (κ3) is 1.57. The van der Waals surface area contributed by atoms with Crippen molar-refractivity contribution >= 4 is 48.8 Å². The summed E-state index contributed by atoms with van der Waals surface area (Å²) < 4.78 is 1.59. The highest BCUT2D eigenvalue weighted by atomic mass is 32.1. The Morgan fingerprint density at radius 3 is 2.29 bits per heavy atom. The lowest BCUT2D eigenvalue weighted by atomic mass is 10.2. The SMILES string of the molecule is Cc1sc2nc3c4c(C)c(C)sc4ncn3c(=O)c2c1C. The molecule has 0 amide bonds. The monoisotopic (exact) mass is 315 g/mol. The van der Waals surface area contributed by atoms with E-state index in [1.165, 1.54) is 4.88 Å². The summed E-state index contributed by atoms with van der Waals surface area (Å²) >= 11 is 3.24. The van der Waals surface area contributed by atoms with Crippen LogP contribution in [0.4, 0.5) is 0 Å². The second-order valence-electron chi connectivity index (χ2n) is 5.28. The van der Waals surface area contributed by atoms with E-state index < -0.39 is 0 Å². The average molecular weight is 315 g/mol. The molecule has 0 spiro atoms. The molecule has 21 heavy (non-hydrogen) atoms. The Morgan fingerprint density at radius 2 is 1.57 bits per heavy atom. The second-order valence-corrected chi connectivity index (χ2v) is 7.69. The first-order valence-electron chi connectivity index (χ1n) is 6.66. The van der Waals surface area contributed by atoms with E-state index in [2.05, 4.69) is 18.8 Å². The number of aromatic nitrogens is 3. The number of nitrogens with zero attached hydrogens (tertiary/aromatic N) is 3. The number of hydrogen-bond donors (Lipinski definition) is 0. The molecule has 0 bridgehead atoms. The molecule has 0 saturated heterocycles. The van der Waals surface area contributed by atoms with Gasteiger partial charge in [0.1, 0.15) is 16.0 Å². The summed E-state index contributed by atoms with van der Waals surface area (Å²) in [4.78, 5) is 26.1. The highest BCUT2D eigenvalue weighted by Crippen LogP contribution is 2.32. The van der Waals surface area contributed by atoms with Gasteiger partial charge in [-0.05, 0) is 38.8 Å². The molecule has 0 aromatic carbocycles. The third-order valence-corrected chi connectivity index (χ3v) is 6.33. The minimum absolute atomic E-state index is 0.0190. The van der Waals surface area contributed by atoms with Crippen LogP contribution in [0.25, 0.3) is 26.1 Å². The summed E-state index contributed by atoms with van der Waals surface area (Å²) in [6.45, 7) is 8.16. The molecular weight excluding hydrogens is 302 g/mol. The Labute approximate surface area is 128 Å². The lowest BCUT2D eigenvalue weighted by molar-refractivity contribution is 1.04. The van der Waals surface area contributed by atoms with Crippen LogP contribution >= 0.6 is 22.7 Å². The van der Waals surface area contributed by atoms with Gasteiger partial charge >= 0.3 is 0 Å². The van der Waals surface area contributed by atoms with Gasteiger partial charge in [-0.15, -0.1) is 22.7 Å². The maximum atomic E-state index is 12.8. The van der Waals surface area contributed by atoms with E-state index in [1.807, 2.05) is 13.8 Å². The van der Waals surface area contributed by atoms with Crippen LogP contribution in [0.2, 0.25) is 0 Å². The number of fused-ring (bicyclic) bond motifs is 4. The predicted molar refractivity (Wildman–Crippen MR) is 89.0 cm³/mol. The number of aryl methyl sites for hydroxylation is 4. The third-order valence-electron chi connectivity index (χ3n) is 4.12. The van der Waals surface area contributed by atoms with Crippen LogP contribution in [0.5, 0.6) is 0 Å². The first-order chi connectivity index (χ1) is 9.99. The van der Waals surface area contributed by atoms with Crippen molar-refractivity contribution in [3.8, 4) is 0 Å². The van der Waals surface area contributed by atoms with Crippen LogP contribution in [0.3, 0.4) is 0 Å². The highest BCUT2D eigenvalue weighted by Gasteiger charge is 2.17. The second kappa shape index (κ2) is 4.11. The Morgan fingerprint density at radius 1 is 0.952 bits per heavy atom. The van der Waals surface area contributed by atoms with Crippen molar-refractivity contribution in [1.82, 2.24) is 14.4 Å². The van der Waals surface area contributed by atoms with Crippen LogP contribution in [0.1, 0.15) is 20.9 Å². The van der Waals surface area contributed by atoms with E-state index in [0.29, 0.717) is 0 Å². The van der Waals surface area contributed by atoms with Gasteiger partial charge in [0.05, 0.1) is 10.8 Å². The van der Waals surface area contributed by atoms with Gasteiger partial charge in [0.25, 0.3) is 5.56 Å². The topological polar surface area (TPSA) is 47.3 Å². The minimum Gasteiger partial charge on any atom is -0.268 e. The molecule has 6 heteroatoms. The quantitative estimate of drug-likeness (QED) is 0.496. The Balaban J connectivity index is 2.36. The number of hydrogen-bond acceptors (Lipinski definition) is 5. The normalized spacial score (nSPS) is 12.0. The molecule has 0 atom stereocenters. The lowest BCUT2D eigenvalue weighted by Crippen LogP contribution is -2.15. The Bertz CT molecular complexity index is 1100. The van der Waals surface area contributed by atoms with Gasteiger partial charge in [0.2, 0.25) is 0 Å². The van der Waals surface area contributed by atoms with Crippen molar-refractivity contribution in [1.29, 1.82) is 0 Å². The van der Waals surface area contributed by atoms with Crippen LogP contribution in [0, 0.1) is 27.7 Å². The van der Waals surface area contributed by atoms with Crippen molar-refractivity contribution in [2.24, 2.45) is 0 Å². The minimum atomic E-state index is -0.0190. The zero-order chi connectivity index (χ0) is 14.9. The van der Waals surface area contributed by atoms with Gasteiger partial charge in [-0.25, -0.2) is 14.4 Å². The Kier molecular flexibility index (Phi) is 2.53. The Hall–Kier alpha value is -1.79. The van der Waals surface area contributed by atoms with Crippen LogP contribution < -0.4 is 5.56 Å². The van der Waals surface area contributed by atoms with E-state index in [4.69, 9.17) is 4.98 Å². The first-order valence-corrected chi connectivity index (χ1v) is 8.29. The molecule has 0 aliphatic heterocycles. The molecule has 4 heterocycles. The molecule has 0 radical (unpaired) electrons. The average Bonchev–Trinajstić information content (AvgIpc) is 2.89. The fourth-order valence-corrected chi connectivity index (χ4v) is 4.67. The summed E-state index contributed by atoms with van der Waals surface area (Å²) in [5, 5.41) is 1.73. The summed E-state index contributed by atoms with van der Waals surface area (Å²) in [5.74, 6) is 0. The summed E-state index contributed by atoms with van der Waals surface area (Å²) in [6.07, 6.45) is 1.61. The molecule has 0 aliphatic rings. The molecule has 4 nitrogen and oxygen atoms in total.